The summed E-state index contributed by atoms with van der Waals surface area (Å²) < 4.78 is 5.39. The Labute approximate surface area is 114 Å². The van der Waals surface area contributed by atoms with E-state index < -0.39 is 0 Å². The molecule has 0 spiro atoms. The Morgan fingerprint density at radius 1 is 1.33 bits per heavy atom. The third kappa shape index (κ3) is 4.16. The van der Waals surface area contributed by atoms with Crippen LogP contribution in [0.3, 0.4) is 0 Å². The molecule has 1 N–H and O–H groups in total. The second-order valence-corrected chi connectivity index (χ2v) is 6.94. The van der Waals surface area contributed by atoms with Gasteiger partial charge in [-0.05, 0) is 37.9 Å². The molecular weight excluding hydrogens is 246 g/mol. The van der Waals surface area contributed by atoms with E-state index >= 15 is 0 Å². The number of carbonyl (C=O) groups is 1. The van der Waals surface area contributed by atoms with Crippen LogP contribution in [0.2, 0.25) is 0 Å². The van der Waals surface area contributed by atoms with Crippen LogP contribution in [0, 0.1) is 5.92 Å². The minimum atomic E-state index is 0.0953. The fourth-order valence-corrected chi connectivity index (χ4v) is 4.10. The molecule has 1 saturated heterocycles. The first-order valence-electron chi connectivity index (χ1n) is 7.29. The van der Waals surface area contributed by atoms with Crippen molar-refractivity contribution in [1.82, 2.24) is 5.32 Å². The standard InChI is InChI=1S/C14H25NO2S/c1-2-18-13-7-3-6-12(9-13)15-14(16)11-5-4-8-17-10-11/h11-13H,2-10H2,1H3,(H,15,16)/t11-,12-,13-/m1/s1. The van der Waals surface area contributed by atoms with Crippen LogP contribution >= 0.6 is 11.8 Å². The van der Waals surface area contributed by atoms with Crippen LogP contribution in [-0.4, -0.2) is 36.2 Å². The molecule has 3 atom stereocenters. The minimum Gasteiger partial charge on any atom is -0.381 e. The highest BCUT2D eigenvalue weighted by Crippen LogP contribution is 2.28. The first-order chi connectivity index (χ1) is 8.79. The van der Waals surface area contributed by atoms with Gasteiger partial charge in [0.15, 0.2) is 0 Å². The lowest BCUT2D eigenvalue weighted by atomic mass is 9.93. The van der Waals surface area contributed by atoms with Gasteiger partial charge in [-0.15, -0.1) is 0 Å². The molecule has 2 rings (SSSR count). The molecule has 2 aliphatic rings. The van der Waals surface area contributed by atoms with Gasteiger partial charge in [-0.1, -0.05) is 13.3 Å². The van der Waals surface area contributed by atoms with Gasteiger partial charge in [0.25, 0.3) is 0 Å². The van der Waals surface area contributed by atoms with Crippen molar-refractivity contribution in [3.8, 4) is 0 Å². The summed E-state index contributed by atoms with van der Waals surface area (Å²) in [6.45, 7) is 3.65. The summed E-state index contributed by atoms with van der Waals surface area (Å²) in [7, 11) is 0. The second kappa shape index (κ2) is 7.39. The molecule has 1 amide bonds. The van der Waals surface area contributed by atoms with E-state index in [-0.39, 0.29) is 11.8 Å². The lowest BCUT2D eigenvalue weighted by Crippen LogP contribution is -2.44. The number of hydrogen-bond acceptors (Lipinski definition) is 3. The van der Waals surface area contributed by atoms with Crippen LogP contribution in [0.4, 0.5) is 0 Å². The van der Waals surface area contributed by atoms with Crippen molar-refractivity contribution in [1.29, 1.82) is 0 Å². The van der Waals surface area contributed by atoms with Crippen LogP contribution in [0.25, 0.3) is 0 Å². The lowest BCUT2D eigenvalue weighted by molar-refractivity contribution is -0.129. The number of amides is 1. The van der Waals surface area contributed by atoms with Gasteiger partial charge in [0, 0.05) is 17.9 Å². The molecule has 0 unspecified atom stereocenters. The van der Waals surface area contributed by atoms with Gasteiger partial charge in [-0.3, -0.25) is 4.79 Å². The summed E-state index contributed by atoms with van der Waals surface area (Å²) in [5, 5.41) is 3.99. The van der Waals surface area contributed by atoms with Gasteiger partial charge >= 0.3 is 0 Å². The Kier molecular flexibility index (Phi) is 5.83. The Morgan fingerprint density at radius 3 is 2.94 bits per heavy atom. The maximum absolute atomic E-state index is 12.1. The third-order valence-electron chi connectivity index (χ3n) is 3.91. The smallest absolute Gasteiger partial charge is 0.225 e. The molecule has 0 aromatic rings. The van der Waals surface area contributed by atoms with Gasteiger partial charge in [-0.25, -0.2) is 0 Å². The fraction of sp³-hybridized carbons (Fsp3) is 0.929. The van der Waals surface area contributed by atoms with Gasteiger partial charge in [0.05, 0.1) is 12.5 Å². The highest BCUT2D eigenvalue weighted by atomic mass is 32.2. The van der Waals surface area contributed by atoms with E-state index in [0.717, 1.165) is 37.5 Å². The topological polar surface area (TPSA) is 38.3 Å². The van der Waals surface area contributed by atoms with Crippen molar-refractivity contribution in [2.45, 2.75) is 56.7 Å². The summed E-state index contributed by atoms with van der Waals surface area (Å²) in [4.78, 5) is 12.1. The Hall–Kier alpha value is -0.220. The zero-order chi connectivity index (χ0) is 12.8. The van der Waals surface area contributed by atoms with Crippen LogP contribution in [0.1, 0.15) is 45.4 Å². The van der Waals surface area contributed by atoms with Crippen molar-refractivity contribution in [3.63, 3.8) is 0 Å². The average Bonchev–Trinajstić information content (AvgIpc) is 2.40. The SMILES string of the molecule is CCS[C@@H]1CCC[C@@H](NC(=O)[C@@H]2CCCOC2)C1. The highest BCUT2D eigenvalue weighted by molar-refractivity contribution is 7.99. The largest absolute Gasteiger partial charge is 0.381 e. The number of nitrogens with one attached hydrogen (secondary N) is 1. The maximum Gasteiger partial charge on any atom is 0.225 e. The molecule has 1 aliphatic heterocycles. The van der Waals surface area contributed by atoms with E-state index in [0.29, 0.717) is 12.6 Å². The summed E-state index contributed by atoms with van der Waals surface area (Å²) in [5.41, 5.74) is 0. The van der Waals surface area contributed by atoms with Gasteiger partial charge in [0.1, 0.15) is 0 Å². The molecule has 4 heteroatoms. The fourth-order valence-electron chi connectivity index (χ4n) is 2.93. The number of ether oxygens (including phenoxy) is 1. The second-order valence-electron chi connectivity index (χ2n) is 5.36. The highest BCUT2D eigenvalue weighted by Gasteiger charge is 2.27. The Bertz CT molecular complexity index is 265. The van der Waals surface area contributed by atoms with E-state index in [1.165, 1.54) is 18.6 Å². The number of thioether (sulfide) groups is 1. The molecule has 2 fully saturated rings. The number of carbonyl (C=O) groups excluding carboxylic acids is 1. The van der Waals surface area contributed by atoms with Crippen LogP contribution in [0.15, 0.2) is 0 Å². The van der Waals surface area contributed by atoms with Crippen molar-refractivity contribution in [3.05, 3.63) is 0 Å². The quantitative estimate of drug-likeness (QED) is 0.854. The van der Waals surface area contributed by atoms with Crippen molar-refractivity contribution >= 4 is 17.7 Å². The van der Waals surface area contributed by atoms with E-state index in [1.807, 2.05) is 11.8 Å². The van der Waals surface area contributed by atoms with Crippen molar-refractivity contribution in [2.24, 2.45) is 5.92 Å². The summed E-state index contributed by atoms with van der Waals surface area (Å²) in [5.74, 6) is 1.50. The number of rotatable bonds is 4. The molecular formula is C14H25NO2S. The minimum absolute atomic E-state index is 0.0953. The van der Waals surface area contributed by atoms with E-state index in [4.69, 9.17) is 4.74 Å². The zero-order valence-electron chi connectivity index (χ0n) is 11.3. The summed E-state index contributed by atoms with van der Waals surface area (Å²) in [6, 6.07) is 0.400. The predicted octanol–water partition coefficient (Wildman–Crippen LogP) is 2.59. The summed E-state index contributed by atoms with van der Waals surface area (Å²) >= 11 is 2.04. The molecule has 1 aliphatic carbocycles. The normalized spacial score (nSPS) is 33.1. The average molecular weight is 271 g/mol. The Balaban J connectivity index is 1.75. The molecule has 1 heterocycles. The first kappa shape index (κ1) is 14.2. The van der Waals surface area contributed by atoms with Crippen molar-refractivity contribution in [2.75, 3.05) is 19.0 Å². The maximum atomic E-state index is 12.1. The molecule has 104 valence electrons. The molecule has 0 aromatic carbocycles. The zero-order valence-corrected chi connectivity index (χ0v) is 12.1. The monoisotopic (exact) mass is 271 g/mol. The van der Waals surface area contributed by atoms with Crippen molar-refractivity contribution < 1.29 is 9.53 Å². The molecule has 0 bridgehead atoms. The lowest BCUT2D eigenvalue weighted by Gasteiger charge is -2.31. The van der Waals surface area contributed by atoms with E-state index in [9.17, 15) is 4.79 Å². The third-order valence-corrected chi connectivity index (χ3v) is 5.14. The summed E-state index contributed by atoms with van der Waals surface area (Å²) in [6.07, 6.45) is 6.89. The van der Waals surface area contributed by atoms with E-state index in [1.54, 1.807) is 0 Å². The molecule has 0 aromatic heterocycles. The molecule has 0 radical (unpaired) electrons. The molecule has 3 nitrogen and oxygen atoms in total. The van der Waals surface area contributed by atoms with E-state index in [2.05, 4.69) is 12.2 Å². The molecule has 1 saturated carbocycles. The van der Waals surface area contributed by atoms with Crippen LogP contribution in [-0.2, 0) is 9.53 Å². The van der Waals surface area contributed by atoms with Crippen LogP contribution < -0.4 is 5.32 Å². The number of hydrogen-bond donors (Lipinski definition) is 1. The van der Waals surface area contributed by atoms with Crippen LogP contribution in [0.5, 0.6) is 0 Å². The van der Waals surface area contributed by atoms with Gasteiger partial charge < -0.3 is 10.1 Å². The van der Waals surface area contributed by atoms with Gasteiger partial charge in [-0.2, -0.15) is 11.8 Å². The first-order valence-corrected chi connectivity index (χ1v) is 8.34. The predicted molar refractivity (Wildman–Crippen MR) is 75.9 cm³/mol. The van der Waals surface area contributed by atoms with Gasteiger partial charge in [0.2, 0.25) is 5.91 Å². The molecule has 18 heavy (non-hydrogen) atoms. The Morgan fingerprint density at radius 2 is 2.22 bits per heavy atom.